The summed E-state index contributed by atoms with van der Waals surface area (Å²) in [6.07, 6.45) is -3.07. The lowest BCUT2D eigenvalue weighted by atomic mass is 9.92. The smallest absolute Gasteiger partial charge is 0.459 e. The van der Waals surface area contributed by atoms with Gasteiger partial charge in [0.2, 0.25) is 0 Å². The molecule has 2 heterocycles. The summed E-state index contributed by atoms with van der Waals surface area (Å²) in [5.41, 5.74) is 12.5. The van der Waals surface area contributed by atoms with Gasteiger partial charge in [-0.2, -0.15) is 10.1 Å². The fraction of sp³-hybridized carbons (Fsp3) is 0.538. The Morgan fingerprint density at radius 3 is 2.47 bits per heavy atom. The maximum atomic E-state index is 14.0. The fourth-order valence-electron chi connectivity index (χ4n) is 4.13. The predicted molar refractivity (Wildman–Crippen MR) is 154 cm³/mol. The van der Waals surface area contributed by atoms with Gasteiger partial charge in [0.05, 0.1) is 18.6 Å². The van der Waals surface area contributed by atoms with Gasteiger partial charge >= 0.3 is 25.4 Å². The zero-order valence-electron chi connectivity index (χ0n) is 24.6. The molecule has 43 heavy (non-hydrogen) atoms. The molecule has 1 aliphatic heterocycles. The highest BCUT2D eigenvalue weighted by molar-refractivity contribution is 7.52. The van der Waals surface area contributed by atoms with E-state index in [4.69, 9.17) is 29.0 Å². The van der Waals surface area contributed by atoms with Crippen LogP contribution in [-0.4, -0.2) is 58.0 Å². The summed E-state index contributed by atoms with van der Waals surface area (Å²) in [5, 5.41) is 6.42. The molecule has 1 aliphatic rings. The monoisotopic (exact) mass is 621 g/mol. The van der Waals surface area contributed by atoms with E-state index in [-0.39, 0.29) is 11.6 Å². The lowest BCUT2D eigenvalue weighted by molar-refractivity contribution is -0.158. The SMILES string of the molecule is CC(C)OC(=O)[C@H](C)NP(=O)(OC[C@H]1O[C@@H](n2ccc(N)nc2=O)[C@](C)(N=[N+]=[N-])[C@@H]1OC(=O)C(C)C)Oc1ccccc1. The Morgan fingerprint density at radius 2 is 1.88 bits per heavy atom. The van der Waals surface area contributed by atoms with Crippen molar-refractivity contribution in [3.8, 4) is 5.75 Å². The average Bonchev–Trinajstić information content (AvgIpc) is 3.18. The van der Waals surface area contributed by atoms with E-state index in [0.717, 1.165) is 4.57 Å². The Bertz CT molecular complexity index is 1450. The molecule has 17 heteroatoms. The second-order valence-electron chi connectivity index (χ2n) is 10.5. The van der Waals surface area contributed by atoms with Crippen molar-refractivity contribution in [2.24, 2.45) is 11.0 Å². The quantitative estimate of drug-likeness (QED) is 0.108. The number of benzene rings is 1. The summed E-state index contributed by atoms with van der Waals surface area (Å²) >= 11 is 0. The summed E-state index contributed by atoms with van der Waals surface area (Å²) in [7, 11) is -4.36. The number of nitrogens with zero attached hydrogens (tertiary/aromatic N) is 5. The molecule has 0 spiro atoms. The van der Waals surface area contributed by atoms with Gasteiger partial charge in [0, 0.05) is 11.1 Å². The standard InChI is InChI=1S/C26H36N7O9P/c1-15(2)22(34)41-21-19(40-24(26(21,6)31-32-28)33-13-12-20(27)29-25(33)36)14-38-43(37,42-18-10-8-7-9-11-18)30-17(5)23(35)39-16(3)4/h7-13,15-17,19,21,24H,14H2,1-6H3,(H,30,37)(H2,27,29,36)/t17-,19+,21+,24+,26+,43?/m0/s1. The summed E-state index contributed by atoms with van der Waals surface area (Å²) < 4.78 is 43.5. The number of hydrogen-bond acceptors (Lipinski definition) is 12. The van der Waals surface area contributed by atoms with Crippen LogP contribution in [0.3, 0.4) is 0 Å². The Labute approximate surface area is 248 Å². The molecule has 6 atom stereocenters. The van der Waals surface area contributed by atoms with Crippen molar-refractivity contribution in [1.29, 1.82) is 0 Å². The third kappa shape index (κ3) is 8.33. The van der Waals surface area contributed by atoms with Crippen molar-refractivity contribution in [3.63, 3.8) is 0 Å². The van der Waals surface area contributed by atoms with Gasteiger partial charge in [-0.15, -0.1) is 0 Å². The molecule has 0 saturated carbocycles. The third-order valence-corrected chi connectivity index (χ3v) is 7.87. The number of nitrogens with two attached hydrogens (primary N) is 1. The van der Waals surface area contributed by atoms with Crippen LogP contribution in [0.5, 0.6) is 5.75 Å². The number of nitrogens with one attached hydrogen (secondary N) is 1. The predicted octanol–water partition coefficient (Wildman–Crippen LogP) is 3.49. The topological polar surface area (TPSA) is 219 Å². The maximum Gasteiger partial charge on any atom is 0.459 e. The molecule has 16 nitrogen and oxygen atoms in total. The van der Waals surface area contributed by atoms with Gasteiger partial charge in [-0.1, -0.05) is 37.2 Å². The van der Waals surface area contributed by atoms with Crippen molar-refractivity contribution >= 4 is 25.5 Å². The van der Waals surface area contributed by atoms with Crippen LogP contribution in [0.25, 0.3) is 10.4 Å². The summed E-state index contributed by atoms with van der Waals surface area (Å²) in [5.74, 6) is -1.84. The minimum absolute atomic E-state index is 0.0532. The zero-order valence-corrected chi connectivity index (χ0v) is 25.5. The molecule has 0 radical (unpaired) electrons. The number of nitrogen functional groups attached to an aromatic ring is 1. The van der Waals surface area contributed by atoms with E-state index < -0.39 is 74.0 Å². The first-order valence-corrected chi connectivity index (χ1v) is 15.0. The molecule has 1 aromatic heterocycles. The van der Waals surface area contributed by atoms with E-state index in [9.17, 15) is 24.5 Å². The van der Waals surface area contributed by atoms with E-state index in [0.29, 0.717) is 0 Å². The molecule has 2 aromatic rings. The van der Waals surface area contributed by atoms with Crippen LogP contribution in [-0.2, 0) is 32.9 Å². The van der Waals surface area contributed by atoms with E-state index in [1.165, 1.54) is 38.2 Å². The van der Waals surface area contributed by atoms with Gasteiger partial charge in [-0.3, -0.25) is 18.7 Å². The van der Waals surface area contributed by atoms with Crippen LogP contribution >= 0.6 is 7.75 Å². The van der Waals surface area contributed by atoms with E-state index >= 15 is 0 Å². The van der Waals surface area contributed by atoms with Gasteiger partial charge in [0.1, 0.15) is 35.4 Å². The Kier molecular flexibility index (Phi) is 10.9. The number of para-hydroxylation sites is 1. The van der Waals surface area contributed by atoms with Gasteiger partial charge in [-0.05, 0) is 51.4 Å². The molecule has 1 saturated heterocycles. The highest BCUT2D eigenvalue weighted by Gasteiger charge is 2.58. The third-order valence-electron chi connectivity index (χ3n) is 6.23. The van der Waals surface area contributed by atoms with Crippen LogP contribution in [0.15, 0.2) is 52.5 Å². The summed E-state index contributed by atoms with van der Waals surface area (Å²) in [6, 6.07) is 8.28. The van der Waals surface area contributed by atoms with Crippen LogP contribution < -0.4 is 21.0 Å². The number of carbonyl (C=O) groups excluding carboxylic acids is 2. The van der Waals surface area contributed by atoms with Crippen LogP contribution in [0.1, 0.15) is 47.8 Å². The first-order valence-electron chi connectivity index (χ1n) is 13.4. The van der Waals surface area contributed by atoms with E-state index in [1.807, 2.05) is 0 Å². The summed E-state index contributed by atoms with van der Waals surface area (Å²) in [6.45, 7) is 8.81. The molecule has 0 bridgehead atoms. The van der Waals surface area contributed by atoms with Crippen molar-refractivity contribution in [3.05, 3.63) is 63.5 Å². The Balaban J connectivity index is 2.00. The molecule has 3 N–H and O–H groups in total. The molecule has 3 rings (SSSR count). The fourth-order valence-corrected chi connectivity index (χ4v) is 5.64. The number of aromatic nitrogens is 2. The number of hydrogen-bond donors (Lipinski definition) is 2. The molecular formula is C26H36N7O9P. The maximum absolute atomic E-state index is 14.0. The number of esters is 2. The highest BCUT2D eigenvalue weighted by Crippen LogP contribution is 2.48. The van der Waals surface area contributed by atoms with Crippen LogP contribution in [0.2, 0.25) is 0 Å². The van der Waals surface area contributed by atoms with Gasteiger partial charge in [0.25, 0.3) is 0 Å². The minimum Gasteiger partial charge on any atom is -0.462 e. The van der Waals surface area contributed by atoms with Gasteiger partial charge in [-0.25, -0.2) is 9.36 Å². The molecule has 234 valence electrons. The number of azide groups is 1. The Hall–Kier alpha value is -3.94. The first kappa shape index (κ1) is 33.6. The lowest BCUT2D eigenvalue weighted by Gasteiger charge is -2.31. The summed E-state index contributed by atoms with van der Waals surface area (Å²) in [4.78, 5) is 44.6. The van der Waals surface area contributed by atoms with Crippen LogP contribution in [0.4, 0.5) is 5.82 Å². The second-order valence-corrected chi connectivity index (χ2v) is 12.2. The lowest BCUT2D eigenvalue weighted by Crippen LogP contribution is -2.47. The molecule has 0 amide bonds. The molecule has 1 unspecified atom stereocenters. The molecule has 0 aliphatic carbocycles. The number of anilines is 1. The second kappa shape index (κ2) is 14.0. The van der Waals surface area contributed by atoms with Crippen LogP contribution in [0, 0.1) is 5.92 Å². The van der Waals surface area contributed by atoms with Crippen molar-refractivity contribution < 1.29 is 37.4 Å². The van der Waals surface area contributed by atoms with E-state index in [1.54, 1.807) is 45.9 Å². The Morgan fingerprint density at radius 1 is 1.21 bits per heavy atom. The normalized spacial score (nSPS) is 23.7. The van der Waals surface area contributed by atoms with Gasteiger partial charge in [0.15, 0.2) is 6.23 Å². The minimum atomic E-state index is -4.36. The average molecular weight is 622 g/mol. The number of rotatable bonds is 13. The van der Waals surface area contributed by atoms with Gasteiger partial charge < -0.3 is 24.5 Å². The zero-order chi connectivity index (χ0) is 31.9. The first-order chi connectivity index (χ1) is 20.2. The van der Waals surface area contributed by atoms with Crippen molar-refractivity contribution in [2.45, 2.75) is 77.7 Å². The van der Waals surface area contributed by atoms with E-state index in [2.05, 4.69) is 20.1 Å². The van der Waals surface area contributed by atoms with Crippen molar-refractivity contribution in [2.75, 3.05) is 12.3 Å². The highest BCUT2D eigenvalue weighted by atomic mass is 31.2. The number of ether oxygens (including phenoxy) is 3. The number of carbonyl (C=O) groups is 2. The molecule has 1 aromatic carbocycles. The molecule has 1 fully saturated rings. The largest absolute Gasteiger partial charge is 0.462 e. The molecular weight excluding hydrogens is 585 g/mol. The van der Waals surface area contributed by atoms with Crippen molar-refractivity contribution in [1.82, 2.24) is 14.6 Å².